The molecule has 1 aliphatic rings. The Labute approximate surface area is 143 Å². The predicted octanol–water partition coefficient (Wildman–Crippen LogP) is 4.43. The summed E-state index contributed by atoms with van der Waals surface area (Å²) in [5.41, 5.74) is 1.87. The van der Waals surface area contributed by atoms with Gasteiger partial charge in [-0.15, -0.1) is 0 Å². The van der Waals surface area contributed by atoms with Gasteiger partial charge in [-0.05, 0) is 44.4 Å². The zero-order chi connectivity index (χ0) is 17.4. The molecule has 0 aromatic heterocycles. The number of hydrogen-bond donors (Lipinski definition) is 0. The minimum Gasteiger partial charge on any atom is -0.307 e. The van der Waals surface area contributed by atoms with Crippen LogP contribution in [-0.4, -0.2) is 5.91 Å². The number of benzene rings is 2. The number of nitriles is 1. The van der Waals surface area contributed by atoms with E-state index in [0.29, 0.717) is 13.0 Å². The molecule has 0 saturated carbocycles. The fourth-order valence-corrected chi connectivity index (χ4v) is 3.72. The van der Waals surface area contributed by atoms with E-state index in [2.05, 4.69) is 6.07 Å². The predicted molar refractivity (Wildman–Crippen MR) is 95.4 cm³/mol. The number of fused-ring (bicyclic) bond motifs is 1. The molecule has 0 bridgehead atoms. The molecule has 1 heterocycles. The summed E-state index contributed by atoms with van der Waals surface area (Å²) in [5, 5.41) is 9.43. The molecular formula is C21H22N2O. The fraction of sp³-hybridized carbons (Fsp3) is 0.333. The lowest BCUT2D eigenvalue weighted by atomic mass is 9.71. The summed E-state index contributed by atoms with van der Waals surface area (Å²) in [4.78, 5) is 15.2. The Balaban J connectivity index is 2.02. The fourth-order valence-electron chi connectivity index (χ4n) is 3.72. The summed E-state index contributed by atoms with van der Waals surface area (Å²) >= 11 is 0. The Morgan fingerprint density at radius 1 is 1.08 bits per heavy atom. The summed E-state index contributed by atoms with van der Waals surface area (Å²) in [6.45, 7) is 6.32. The van der Waals surface area contributed by atoms with Crippen molar-refractivity contribution in [3.63, 3.8) is 0 Å². The third-order valence-electron chi connectivity index (χ3n) is 4.79. The van der Waals surface area contributed by atoms with Gasteiger partial charge in [0, 0.05) is 5.69 Å². The number of nitrogens with zero attached hydrogens (tertiary/aromatic N) is 2. The third kappa shape index (κ3) is 2.69. The number of rotatable bonds is 4. The molecule has 1 aliphatic heterocycles. The van der Waals surface area contributed by atoms with E-state index in [0.717, 1.165) is 16.8 Å². The number of carbonyl (C=O) groups excluding carboxylic acids is 1. The van der Waals surface area contributed by atoms with Gasteiger partial charge in [-0.3, -0.25) is 4.79 Å². The van der Waals surface area contributed by atoms with Crippen LogP contribution in [0.5, 0.6) is 0 Å². The molecule has 24 heavy (non-hydrogen) atoms. The first-order chi connectivity index (χ1) is 11.4. The van der Waals surface area contributed by atoms with Crippen molar-refractivity contribution >= 4 is 11.6 Å². The monoisotopic (exact) mass is 318 g/mol. The van der Waals surface area contributed by atoms with Crippen LogP contribution in [0.15, 0.2) is 54.6 Å². The minimum absolute atomic E-state index is 0.0795. The number of hydrogen-bond acceptors (Lipinski definition) is 2. The largest absolute Gasteiger partial charge is 0.307 e. The quantitative estimate of drug-likeness (QED) is 0.837. The number of anilines is 1. The summed E-state index contributed by atoms with van der Waals surface area (Å²) in [7, 11) is 0. The SMILES string of the molecule is CC(C)(C#N)C[C@]1(C)C(=O)N(Cc2ccccc2)c2ccccc21. The van der Waals surface area contributed by atoms with Crippen LogP contribution in [0.25, 0.3) is 0 Å². The number of amides is 1. The van der Waals surface area contributed by atoms with Crippen LogP contribution in [0.4, 0.5) is 5.69 Å². The van der Waals surface area contributed by atoms with Gasteiger partial charge in [0.15, 0.2) is 0 Å². The van der Waals surface area contributed by atoms with Gasteiger partial charge in [-0.2, -0.15) is 5.26 Å². The first kappa shape index (κ1) is 16.3. The smallest absolute Gasteiger partial charge is 0.237 e. The molecule has 0 fully saturated rings. The second kappa shape index (κ2) is 5.79. The van der Waals surface area contributed by atoms with Crippen molar-refractivity contribution in [2.45, 2.75) is 39.2 Å². The van der Waals surface area contributed by atoms with Crippen molar-refractivity contribution < 1.29 is 4.79 Å². The van der Waals surface area contributed by atoms with Crippen LogP contribution in [0.2, 0.25) is 0 Å². The first-order valence-electron chi connectivity index (χ1n) is 8.24. The van der Waals surface area contributed by atoms with Gasteiger partial charge in [0.1, 0.15) is 0 Å². The van der Waals surface area contributed by atoms with Crippen molar-refractivity contribution in [2.24, 2.45) is 5.41 Å². The lowest BCUT2D eigenvalue weighted by Crippen LogP contribution is -2.40. The van der Waals surface area contributed by atoms with Gasteiger partial charge < -0.3 is 4.90 Å². The van der Waals surface area contributed by atoms with E-state index in [1.165, 1.54) is 0 Å². The van der Waals surface area contributed by atoms with Gasteiger partial charge in [0.05, 0.1) is 23.4 Å². The highest BCUT2D eigenvalue weighted by atomic mass is 16.2. The average molecular weight is 318 g/mol. The second-order valence-electron chi connectivity index (χ2n) is 7.40. The van der Waals surface area contributed by atoms with Crippen molar-refractivity contribution in [1.29, 1.82) is 5.26 Å². The standard InChI is InChI=1S/C21H22N2O/c1-20(2,15-22)14-21(3)17-11-7-8-12-18(17)23(19(21)24)13-16-9-5-4-6-10-16/h4-12H,13-14H2,1-3H3/t21-/m0/s1. The summed E-state index contributed by atoms with van der Waals surface area (Å²) in [6.07, 6.45) is 0.512. The van der Waals surface area contributed by atoms with Gasteiger partial charge >= 0.3 is 0 Å². The highest BCUT2D eigenvalue weighted by Crippen LogP contribution is 2.47. The van der Waals surface area contributed by atoms with Crippen molar-refractivity contribution in [2.75, 3.05) is 4.90 Å². The van der Waals surface area contributed by atoms with Crippen LogP contribution >= 0.6 is 0 Å². The third-order valence-corrected chi connectivity index (χ3v) is 4.79. The van der Waals surface area contributed by atoms with Crippen molar-refractivity contribution in [3.8, 4) is 6.07 Å². The Morgan fingerprint density at radius 2 is 1.71 bits per heavy atom. The lowest BCUT2D eigenvalue weighted by Gasteiger charge is -2.30. The molecule has 0 unspecified atom stereocenters. The molecule has 0 spiro atoms. The van der Waals surface area contributed by atoms with Crippen LogP contribution in [0.1, 0.15) is 38.3 Å². The average Bonchev–Trinajstić information content (AvgIpc) is 2.78. The van der Waals surface area contributed by atoms with E-state index in [9.17, 15) is 10.1 Å². The Kier molecular flexibility index (Phi) is 3.93. The molecule has 1 atom stereocenters. The Bertz CT molecular complexity index is 804. The zero-order valence-electron chi connectivity index (χ0n) is 14.4. The molecule has 0 N–H and O–H groups in total. The topological polar surface area (TPSA) is 44.1 Å². The molecule has 0 aliphatic carbocycles. The zero-order valence-corrected chi connectivity index (χ0v) is 14.4. The number of para-hydroxylation sites is 1. The maximum Gasteiger partial charge on any atom is 0.237 e. The van der Waals surface area contributed by atoms with Gasteiger partial charge in [0.2, 0.25) is 5.91 Å². The molecule has 122 valence electrons. The van der Waals surface area contributed by atoms with E-state index in [1.54, 1.807) is 0 Å². The maximum absolute atomic E-state index is 13.3. The van der Waals surface area contributed by atoms with E-state index in [4.69, 9.17) is 0 Å². The Hall–Kier alpha value is -2.60. The summed E-state index contributed by atoms with van der Waals surface area (Å²) in [5.74, 6) is 0.0795. The molecule has 2 aromatic carbocycles. The summed E-state index contributed by atoms with van der Waals surface area (Å²) in [6, 6.07) is 20.3. The highest BCUT2D eigenvalue weighted by Gasteiger charge is 2.49. The van der Waals surface area contributed by atoms with Crippen LogP contribution in [-0.2, 0) is 16.8 Å². The molecule has 0 radical (unpaired) electrons. The number of carbonyl (C=O) groups is 1. The first-order valence-corrected chi connectivity index (χ1v) is 8.24. The van der Waals surface area contributed by atoms with E-state index >= 15 is 0 Å². The van der Waals surface area contributed by atoms with E-state index in [-0.39, 0.29) is 5.91 Å². The molecular weight excluding hydrogens is 296 g/mol. The van der Waals surface area contributed by atoms with Gasteiger partial charge in [0.25, 0.3) is 0 Å². The molecule has 2 aromatic rings. The van der Waals surface area contributed by atoms with Crippen LogP contribution < -0.4 is 4.90 Å². The molecule has 0 saturated heterocycles. The van der Waals surface area contributed by atoms with Crippen LogP contribution in [0.3, 0.4) is 0 Å². The van der Waals surface area contributed by atoms with Crippen molar-refractivity contribution in [3.05, 3.63) is 65.7 Å². The van der Waals surface area contributed by atoms with E-state index < -0.39 is 10.8 Å². The highest BCUT2D eigenvalue weighted by molar-refractivity contribution is 6.07. The normalized spacial score (nSPS) is 19.9. The molecule has 1 amide bonds. The molecule has 3 nitrogen and oxygen atoms in total. The molecule has 3 heteroatoms. The van der Waals surface area contributed by atoms with Gasteiger partial charge in [-0.1, -0.05) is 48.5 Å². The minimum atomic E-state index is -0.662. The molecule has 3 rings (SSSR count). The lowest BCUT2D eigenvalue weighted by molar-refractivity contribution is -0.123. The maximum atomic E-state index is 13.3. The summed E-state index contributed by atoms with van der Waals surface area (Å²) < 4.78 is 0. The van der Waals surface area contributed by atoms with E-state index in [1.807, 2.05) is 80.3 Å². The second-order valence-corrected chi connectivity index (χ2v) is 7.40. The van der Waals surface area contributed by atoms with Gasteiger partial charge in [-0.25, -0.2) is 0 Å². The Morgan fingerprint density at radius 3 is 2.38 bits per heavy atom. The van der Waals surface area contributed by atoms with Crippen molar-refractivity contribution in [1.82, 2.24) is 0 Å². The van der Waals surface area contributed by atoms with Crippen LogP contribution in [0, 0.1) is 16.7 Å².